The third-order valence-electron chi connectivity index (χ3n) is 7.09. The van der Waals surface area contributed by atoms with Crippen LogP contribution in [0.4, 0.5) is 5.69 Å². The lowest BCUT2D eigenvalue weighted by atomic mass is 9.93. The molecule has 1 aliphatic carbocycles. The summed E-state index contributed by atoms with van der Waals surface area (Å²) in [5.41, 5.74) is 1.60. The molecule has 6 rings (SSSR count). The largest absolute Gasteiger partial charge is 0.493 e. The van der Waals surface area contributed by atoms with E-state index in [0.29, 0.717) is 51.4 Å². The van der Waals surface area contributed by atoms with Gasteiger partial charge in [-0.05, 0) is 78.7 Å². The molecule has 2 aliphatic rings. The maximum Gasteiger partial charge on any atom is 0.343 e. The second-order valence-corrected chi connectivity index (χ2v) is 9.53. The molecule has 4 aromatic rings. The zero-order valence-electron chi connectivity index (χ0n) is 20.2. The molecule has 0 saturated heterocycles. The third-order valence-corrected chi connectivity index (χ3v) is 7.09. The van der Waals surface area contributed by atoms with Gasteiger partial charge in [-0.2, -0.15) is 0 Å². The number of benzene rings is 4. The summed E-state index contributed by atoms with van der Waals surface area (Å²) in [5, 5.41) is 1.22. The number of carbonyl (C=O) groups excluding carboxylic acids is 3. The Morgan fingerprint density at radius 3 is 2.27 bits per heavy atom. The molecule has 0 aromatic heterocycles. The van der Waals surface area contributed by atoms with Crippen molar-refractivity contribution < 1.29 is 23.9 Å². The van der Waals surface area contributed by atoms with Crippen molar-refractivity contribution in [2.75, 3.05) is 11.5 Å². The molecule has 6 nitrogen and oxygen atoms in total. The molecule has 1 fully saturated rings. The molecule has 37 heavy (non-hydrogen) atoms. The molecule has 0 spiro atoms. The third kappa shape index (κ3) is 4.35. The maximum absolute atomic E-state index is 13.6. The quantitative estimate of drug-likeness (QED) is 0.177. The topological polar surface area (TPSA) is 72.9 Å². The lowest BCUT2D eigenvalue weighted by Crippen LogP contribution is -2.40. The van der Waals surface area contributed by atoms with E-state index in [4.69, 9.17) is 9.47 Å². The predicted molar refractivity (Wildman–Crippen MR) is 140 cm³/mol. The summed E-state index contributed by atoms with van der Waals surface area (Å²) in [6, 6.07) is 24.2. The van der Waals surface area contributed by atoms with Gasteiger partial charge in [-0.3, -0.25) is 9.59 Å². The number of amides is 2. The van der Waals surface area contributed by atoms with Gasteiger partial charge < -0.3 is 9.47 Å². The molecule has 0 bridgehead atoms. The molecule has 4 aromatic carbocycles. The molecule has 184 valence electrons. The Morgan fingerprint density at radius 1 is 0.784 bits per heavy atom. The average Bonchev–Trinajstić information content (AvgIpc) is 3.45. The number of hydrogen-bond acceptors (Lipinski definition) is 5. The standard InChI is InChI=1S/C31H25NO5/c33-29-26-12-6-11-22-17-25(37-31(35)21-9-2-1-3-10-21)18-27(28(22)26)30(34)32(29)23-13-15-24(16-14-23)36-19-20-7-4-5-8-20/h1-3,6,9-18,20H,4-5,7-8,19H2. The number of anilines is 1. The Hall–Kier alpha value is -4.45. The van der Waals surface area contributed by atoms with Crippen molar-refractivity contribution in [1.82, 2.24) is 0 Å². The van der Waals surface area contributed by atoms with Crippen molar-refractivity contribution in [2.45, 2.75) is 25.7 Å². The fourth-order valence-corrected chi connectivity index (χ4v) is 5.20. The summed E-state index contributed by atoms with van der Waals surface area (Å²) in [6.07, 6.45) is 4.91. The molecule has 2 amide bonds. The Bertz CT molecular complexity index is 1500. The van der Waals surface area contributed by atoms with Crippen LogP contribution >= 0.6 is 0 Å². The first-order valence-corrected chi connectivity index (χ1v) is 12.5. The fraction of sp³-hybridized carbons (Fsp3) is 0.194. The average molecular weight is 492 g/mol. The Labute approximate surface area is 214 Å². The van der Waals surface area contributed by atoms with Crippen LogP contribution in [0.3, 0.4) is 0 Å². The highest BCUT2D eigenvalue weighted by molar-refractivity contribution is 6.36. The lowest BCUT2D eigenvalue weighted by molar-refractivity contribution is 0.0732. The Morgan fingerprint density at radius 2 is 1.51 bits per heavy atom. The zero-order chi connectivity index (χ0) is 25.4. The van der Waals surface area contributed by atoms with E-state index >= 15 is 0 Å². The Balaban J connectivity index is 1.30. The van der Waals surface area contributed by atoms with E-state index in [1.54, 1.807) is 72.8 Å². The monoisotopic (exact) mass is 491 g/mol. The van der Waals surface area contributed by atoms with Crippen molar-refractivity contribution in [3.8, 4) is 11.5 Å². The fourth-order valence-electron chi connectivity index (χ4n) is 5.20. The minimum absolute atomic E-state index is 0.242. The number of rotatable bonds is 6. The first-order valence-electron chi connectivity index (χ1n) is 12.5. The first kappa shape index (κ1) is 23.0. The predicted octanol–water partition coefficient (Wildman–Crippen LogP) is 6.43. The van der Waals surface area contributed by atoms with Gasteiger partial charge in [0.1, 0.15) is 11.5 Å². The second kappa shape index (κ2) is 9.54. The van der Waals surface area contributed by atoms with Gasteiger partial charge in [0.2, 0.25) is 0 Å². The number of esters is 1. The summed E-state index contributed by atoms with van der Waals surface area (Å²) in [4.78, 5) is 40.9. The lowest BCUT2D eigenvalue weighted by Gasteiger charge is -2.27. The smallest absolute Gasteiger partial charge is 0.343 e. The van der Waals surface area contributed by atoms with E-state index in [1.807, 2.05) is 6.07 Å². The Kier molecular flexibility index (Phi) is 5.93. The molecule has 0 atom stereocenters. The van der Waals surface area contributed by atoms with E-state index in [2.05, 4.69) is 0 Å². The van der Waals surface area contributed by atoms with Crippen LogP contribution in [-0.4, -0.2) is 24.4 Å². The van der Waals surface area contributed by atoms with Crippen molar-refractivity contribution in [1.29, 1.82) is 0 Å². The minimum atomic E-state index is -0.521. The SMILES string of the molecule is O=C(Oc1cc2c3c(cccc3c1)C(=O)N(c1ccc(OCC3CCCC3)cc1)C2=O)c1ccccc1. The van der Waals surface area contributed by atoms with Crippen molar-refractivity contribution in [3.05, 3.63) is 102 Å². The van der Waals surface area contributed by atoms with Gasteiger partial charge in [0.15, 0.2) is 0 Å². The highest BCUT2D eigenvalue weighted by Crippen LogP contribution is 2.36. The summed E-state index contributed by atoms with van der Waals surface area (Å²) in [5.74, 6) is 0.166. The van der Waals surface area contributed by atoms with Gasteiger partial charge in [0.25, 0.3) is 11.8 Å². The molecule has 0 N–H and O–H groups in total. The number of ether oxygens (including phenoxy) is 2. The van der Waals surface area contributed by atoms with E-state index in [9.17, 15) is 14.4 Å². The molecule has 1 saturated carbocycles. The number of nitrogens with zero attached hydrogens (tertiary/aromatic N) is 1. The van der Waals surface area contributed by atoms with Gasteiger partial charge in [0, 0.05) is 10.9 Å². The highest BCUT2D eigenvalue weighted by atomic mass is 16.5. The number of imide groups is 1. The van der Waals surface area contributed by atoms with Crippen molar-refractivity contribution in [2.24, 2.45) is 5.92 Å². The van der Waals surface area contributed by atoms with Crippen LogP contribution in [0.15, 0.2) is 84.9 Å². The number of hydrogen-bond donors (Lipinski definition) is 0. The van der Waals surface area contributed by atoms with E-state index < -0.39 is 17.8 Å². The summed E-state index contributed by atoms with van der Waals surface area (Å²) >= 11 is 0. The van der Waals surface area contributed by atoms with Gasteiger partial charge in [-0.25, -0.2) is 9.69 Å². The normalized spacial score (nSPS) is 15.3. The molecule has 1 heterocycles. The van der Waals surface area contributed by atoms with Gasteiger partial charge in [0.05, 0.1) is 23.4 Å². The molecule has 6 heteroatoms. The van der Waals surface area contributed by atoms with Crippen LogP contribution in [0.1, 0.15) is 56.8 Å². The van der Waals surface area contributed by atoms with Gasteiger partial charge >= 0.3 is 5.97 Å². The first-order chi connectivity index (χ1) is 18.1. The van der Waals surface area contributed by atoms with E-state index in [-0.39, 0.29) is 5.75 Å². The van der Waals surface area contributed by atoms with E-state index in [1.165, 1.54) is 36.6 Å². The van der Waals surface area contributed by atoms with Crippen LogP contribution in [-0.2, 0) is 0 Å². The van der Waals surface area contributed by atoms with Gasteiger partial charge in [-0.15, -0.1) is 0 Å². The molecule has 0 radical (unpaired) electrons. The van der Waals surface area contributed by atoms with Crippen molar-refractivity contribution >= 4 is 34.2 Å². The summed E-state index contributed by atoms with van der Waals surface area (Å²) < 4.78 is 11.5. The molecule has 1 aliphatic heterocycles. The van der Waals surface area contributed by atoms with Crippen LogP contribution in [0, 0.1) is 5.92 Å². The highest BCUT2D eigenvalue weighted by Gasteiger charge is 2.34. The maximum atomic E-state index is 13.6. The second-order valence-electron chi connectivity index (χ2n) is 9.53. The van der Waals surface area contributed by atoms with Crippen LogP contribution in [0.25, 0.3) is 10.8 Å². The number of carbonyl (C=O) groups is 3. The zero-order valence-corrected chi connectivity index (χ0v) is 20.2. The summed E-state index contributed by atoms with van der Waals surface area (Å²) in [6.45, 7) is 0.681. The van der Waals surface area contributed by atoms with Gasteiger partial charge in [-0.1, -0.05) is 43.2 Å². The summed E-state index contributed by atoms with van der Waals surface area (Å²) in [7, 11) is 0. The van der Waals surface area contributed by atoms with Crippen LogP contribution < -0.4 is 14.4 Å². The van der Waals surface area contributed by atoms with Crippen LogP contribution in [0.2, 0.25) is 0 Å². The molecular weight excluding hydrogens is 466 g/mol. The molecule has 0 unspecified atom stereocenters. The van der Waals surface area contributed by atoms with Crippen molar-refractivity contribution in [3.63, 3.8) is 0 Å². The van der Waals surface area contributed by atoms with Crippen LogP contribution in [0.5, 0.6) is 11.5 Å². The molecular formula is C31H25NO5. The van der Waals surface area contributed by atoms with E-state index in [0.717, 1.165) is 0 Å². The minimum Gasteiger partial charge on any atom is -0.493 e.